The predicted molar refractivity (Wildman–Crippen MR) is 40.9 cm³/mol. The Morgan fingerprint density at radius 3 is 3.00 bits per heavy atom. The van der Waals surface area contributed by atoms with Crippen LogP contribution < -0.4 is 5.43 Å². The van der Waals surface area contributed by atoms with Gasteiger partial charge in [-0.05, 0) is 25.7 Å². The van der Waals surface area contributed by atoms with Crippen LogP contribution >= 0.6 is 0 Å². The molecule has 3 nitrogen and oxygen atoms in total. The van der Waals surface area contributed by atoms with Crippen molar-refractivity contribution in [2.24, 2.45) is 11.0 Å². The molecule has 10 heavy (non-hydrogen) atoms. The van der Waals surface area contributed by atoms with Gasteiger partial charge >= 0.3 is 0 Å². The second-order valence-electron chi connectivity index (χ2n) is 2.83. The van der Waals surface area contributed by atoms with Gasteiger partial charge in [-0.15, -0.1) is 0 Å². The minimum absolute atomic E-state index is 0.309. The van der Waals surface area contributed by atoms with Crippen molar-refractivity contribution in [1.29, 1.82) is 0 Å². The number of nitrogens with zero attached hydrogens (tertiary/aromatic N) is 1. The van der Waals surface area contributed by atoms with E-state index in [-0.39, 0.29) is 6.10 Å². The first kappa shape index (κ1) is 7.54. The Labute approximate surface area is 61.1 Å². The van der Waals surface area contributed by atoms with Crippen molar-refractivity contribution < 1.29 is 5.11 Å². The second-order valence-corrected chi connectivity index (χ2v) is 2.83. The molecule has 0 aromatic rings. The Morgan fingerprint density at radius 2 is 2.50 bits per heavy atom. The Morgan fingerprint density at radius 1 is 1.80 bits per heavy atom. The minimum atomic E-state index is -0.309. The van der Waals surface area contributed by atoms with Crippen LogP contribution in [-0.4, -0.2) is 24.0 Å². The summed E-state index contributed by atoms with van der Waals surface area (Å²) in [5, 5.41) is 12.7. The summed E-state index contributed by atoms with van der Waals surface area (Å²) in [5.41, 5.74) is 2.78. The number of hydrogen-bond acceptors (Lipinski definition) is 3. The standard InChI is InChI=1S/C7H14N2O/c1-6(10)4-8-9-5-7-2-3-7/h5-8,10H,2-4H2,1H3/b9-5+. The van der Waals surface area contributed by atoms with E-state index in [9.17, 15) is 0 Å². The molecule has 0 saturated heterocycles. The molecular weight excluding hydrogens is 128 g/mol. The molecule has 58 valence electrons. The molecule has 1 fully saturated rings. The van der Waals surface area contributed by atoms with Gasteiger partial charge in [0, 0.05) is 6.21 Å². The Bertz CT molecular complexity index is 119. The molecule has 1 rings (SSSR count). The van der Waals surface area contributed by atoms with Crippen LogP contribution in [-0.2, 0) is 0 Å². The lowest BCUT2D eigenvalue weighted by molar-refractivity contribution is 0.192. The fourth-order valence-corrected chi connectivity index (χ4v) is 0.588. The van der Waals surface area contributed by atoms with E-state index in [0.717, 1.165) is 0 Å². The molecule has 0 radical (unpaired) electrons. The van der Waals surface area contributed by atoms with Gasteiger partial charge < -0.3 is 10.5 Å². The van der Waals surface area contributed by atoms with E-state index in [0.29, 0.717) is 12.5 Å². The molecule has 1 aliphatic rings. The lowest BCUT2D eigenvalue weighted by atomic mass is 10.4. The van der Waals surface area contributed by atoms with Crippen LogP contribution in [0.2, 0.25) is 0 Å². The van der Waals surface area contributed by atoms with E-state index in [1.165, 1.54) is 12.8 Å². The average Bonchev–Trinajstić information content (AvgIpc) is 2.62. The first-order valence-electron chi connectivity index (χ1n) is 3.73. The van der Waals surface area contributed by atoms with Crippen molar-refractivity contribution in [1.82, 2.24) is 5.43 Å². The van der Waals surface area contributed by atoms with Gasteiger partial charge in [-0.1, -0.05) is 0 Å². The zero-order chi connectivity index (χ0) is 7.40. The number of aliphatic hydroxyl groups is 1. The van der Waals surface area contributed by atoms with Gasteiger partial charge in [0.25, 0.3) is 0 Å². The summed E-state index contributed by atoms with van der Waals surface area (Å²) in [6.07, 6.45) is 4.17. The zero-order valence-corrected chi connectivity index (χ0v) is 6.25. The fourth-order valence-electron chi connectivity index (χ4n) is 0.588. The number of rotatable bonds is 4. The molecule has 0 heterocycles. The Hall–Kier alpha value is -0.570. The number of aliphatic hydroxyl groups excluding tert-OH is 1. The summed E-state index contributed by atoms with van der Waals surface area (Å²) >= 11 is 0. The smallest absolute Gasteiger partial charge is 0.0701 e. The highest BCUT2D eigenvalue weighted by Crippen LogP contribution is 2.25. The summed E-state index contributed by atoms with van der Waals surface area (Å²) in [5.74, 6) is 0.710. The monoisotopic (exact) mass is 142 g/mol. The molecule has 1 unspecified atom stereocenters. The van der Waals surface area contributed by atoms with E-state index in [4.69, 9.17) is 5.11 Å². The molecule has 0 amide bonds. The van der Waals surface area contributed by atoms with Crippen molar-refractivity contribution >= 4 is 6.21 Å². The second kappa shape index (κ2) is 3.56. The SMILES string of the molecule is CC(O)CN/N=C/C1CC1. The maximum absolute atomic E-state index is 8.80. The molecule has 2 N–H and O–H groups in total. The summed E-state index contributed by atoms with van der Waals surface area (Å²) in [4.78, 5) is 0. The van der Waals surface area contributed by atoms with Crippen LogP contribution in [0.15, 0.2) is 5.10 Å². The van der Waals surface area contributed by atoms with Crippen LogP contribution in [0.5, 0.6) is 0 Å². The molecule has 0 spiro atoms. The lowest BCUT2D eigenvalue weighted by Gasteiger charge is -2.00. The van der Waals surface area contributed by atoms with Crippen LogP contribution in [0.1, 0.15) is 19.8 Å². The van der Waals surface area contributed by atoms with Crippen LogP contribution in [0.25, 0.3) is 0 Å². The summed E-state index contributed by atoms with van der Waals surface area (Å²) < 4.78 is 0. The lowest BCUT2D eigenvalue weighted by Crippen LogP contribution is -2.19. The van der Waals surface area contributed by atoms with Gasteiger partial charge in [0.1, 0.15) is 0 Å². The van der Waals surface area contributed by atoms with Crippen molar-refractivity contribution in [2.45, 2.75) is 25.9 Å². The van der Waals surface area contributed by atoms with Gasteiger partial charge in [0.2, 0.25) is 0 Å². The predicted octanol–water partition coefficient (Wildman–Crippen LogP) is 0.353. The molecule has 1 atom stereocenters. The van der Waals surface area contributed by atoms with E-state index in [1.54, 1.807) is 6.92 Å². The van der Waals surface area contributed by atoms with Crippen LogP contribution in [0.3, 0.4) is 0 Å². The summed E-state index contributed by atoms with van der Waals surface area (Å²) in [6.45, 7) is 2.28. The van der Waals surface area contributed by atoms with Crippen molar-refractivity contribution in [3.8, 4) is 0 Å². The zero-order valence-electron chi connectivity index (χ0n) is 6.25. The number of hydrazone groups is 1. The maximum atomic E-state index is 8.80. The largest absolute Gasteiger partial charge is 0.392 e. The molecule has 0 bridgehead atoms. The summed E-state index contributed by atoms with van der Waals surface area (Å²) in [7, 11) is 0. The van der Waals surface area contributed by atoms with E-state index < -0.39 is 0 Å². The molecule has 3 heteroatoms. The normalized spacial score (nSPS) is 21.4. The van der Waals surface area contributed by atoms with Gasteiger partial charge in [0.05, 0.1) is 12.6 Å². The third-order valence-electron chi connectivity index (χ3n) is 1.39. The van der Waals surface area contributed by atoms with Gasteiger partial charge in [-0.25, -0.2) is 0 Å². The average molecular weight is 142 g/mol. The highest BCUT2D eigenvalue weighted by atomic mass is 16.3. The topological polar surface area (TPSA) is 44.6 Å². The molecule has 0 aromatic heterocycles. The van der Waals surface area contributed by atoms with Crippen molar-refractivity contribution in [3.05, 3.63) is 0 Å². The summed E-state index contributed by atoms with van der Waals surface area (Å²) in [6, 6.07) is 0. The van der Waals surface area contributed by atoms with E-state index in [2.05, 4.69) is 10.5 Å². The first-order chi connectivity index (χ1) is 4.79. The van der Waals surface area contributed by atoms with Gasteiger partial charge in [-0.3, -0.25) is 0 Å². The third kappa shape index (κ3) is 3.45. The van der Waals surface area contributed by atoms with E-state index in [1.807, 2.05) is 6.21 Å². The molecule has 1 saturated carbocycles. The number of hydrogen-bond donors (Lipinski definition) is 2. The third-order valence-corrected chi connectivity index (χ3v) is 1.39. The quantitative estimate of drug-likeness (QED) is 0.439. The van der Waals surface area contributed by atoms with Gasteiger partial charge in [0.15, 0.2) is 0 Å². The van der Waals surface area contributed by atoms with Crippen LogP contribution in [0, 0.1) is 5.92 Å². The maximum Gasteiger partial charge on any atom is 0.0701 e. The Balaban J connectivity index is 1.93. The molecule has 0 aliphatic heterocycles. The van der Waals surface area contributed by atoms with Gasteiger partial charge in [-0.2, -0.15) is 5.10 Å². The number of nitrogens with one attached hydrogen (secondary N) is 1. The molecular formula is C7H14N2O. The van der Waals surface area contributed by atoms with Crippen LogP contribution in [0.4, 0.5) is 0 Å². The fraction of sp³-hybridized carbons (Fsp3) is 0.857. The molecule has 0 aromatic carbocycles. The first-order valence-corrected chi connectivity index (χ1v) is 3.73. The van der Waals surface area contributed by atoms with Crippen molar-refractivity contribution in [2.75, 3.05) is 6.54 Å². The highest BCUT2D eigenvalue weighted by molar-refractivity contribution is 5.63. The van der Waals surface area contributed by atoms with Crippen molar-refractivity contribution in [3.63, 3.8) is 0 Å². The highest BCUT2D eigenvalue weighted by Gasteiger charge is 2.18. The molecule has 1 aliphatic carbocycles. The minimum Gasteiger partial charge on any atom is -0.392 e. The Kier molecular flexibility index (Phi) is 2.68. The van der Waals surface area contributed by atoms with E-state index >= 15 is 0 Å².